The highest BCUT2D eigenvalue weighted by molar-refractivity contribution is 5.37. The molecule has 90 valence electrons. The second-order valence-electron chi connectivity index (χ2n) is 4.64. The van der Waals surface area contributed by atoms with Crippen LogP contribution in [0.25, 0.3) is 5.69 Å². The number of aromatic hydroxyl groups is 1. The summed E-state index contributed by atoms with van der Waals surface area (Å²) in [4.78, 5) is 0. The maximum atomic E-state index is 9.80. The first-order valence-corrected chi connectivity index (χ1v) is 5.37. The molecular formula is C12H15N3O2. The molecule has 0 unspecified atom stereocenters. The van der Waals surface area contributed by atoms with Crippen molar-refractivity contribution in [1.29, 1.82) is 0 Å². The molecule has 17 heavy (non-hydrogen) atoms. The van der Waals surface area contributed by atoms with Crippen LogP contribution in [-0.4, -0.2) is 30.8 Å². The molecule has 1 heterocycles. The SMILES string of the molecule is CC(C)(O)Cc1cnnn1-c1ccc(O)cc1. The summed E-state index contributed by atoms with van der Waals surface area (Å²) in [5.74, 6) is 0.206. The summed E-state index contributed by atoms with van der Waals surface area (Å²) in [5, 5.41) is 26.8. The molecule has 0 saturated heterocycles. The molecule has 0 atom stereocenters. The largest absolute Gasteiger partial charge is 0.508 e. The van der Waals surface area contributed by atoms with Gasteiger partial charge >= 0.3 is 0 Å². The Hall–Kier alpha value is -1.88. The number of hydrogen-bond acceptors (Lipinski definition) is 4. The average Bonchev–Trinajstić information content (AvgIpc) is 2.64. The van der Waals surface area contributed by atoms with Crippen LogP contribution < -0.4 is 0 Å². The third-order valence-electron chi connectivity index (χ3n) is 2.33. The fourth-order valence-electron chi connectivity index (χ4n) is 1.63. The Labute approximate surface area is 99.3 Å². The first kappa shape index (κ1) is 11.6. The fraction of sp³-hybridized carbons (Fsp3) is 0.333. The van der Waals surface area contributed by atoms with E-state index in [9.17, 15) is 10.2 Å². The molecule has 2 N–H and O–H groups in total. The van der Waals surface area contributed by atoms with Crippen LogP contribution in [0.4, 0.5) is 0 Å². The molecule has 0 aliphatic carbocycles. The topological polar surface area (TPSA) is 71.2 Å². The van der Waals surface area contributed by atoms with Crippen molar-refractivity contribution in [1.82, 2.24) is 15.0 Å². The van der Waals surface area contributed by atoms with Crippen molar-refractivity contribution in [2.75, 3.05) is 0 Å². The zero-order valence-electron chi connectivity index (χ0n) is 9.83. The second kappa shape index (κ2) is 4.18. The predicted octanol–water partition coefficient (Wildman–Crippen LogP) is 1.29. The Balaban J connectivity index is 2.33. The van der Waals surface area contributed by atoms with E-state index in [-0.39, 0.29) is 5.75 Å². The smallest absolute Gasteiger partial charge is 0.115 e. The summed E-state index contributed by atoms with van der Waals surface area (Å²) in [6, 6.07) is 6.67. The maximum Gasteiger partial charge on any atom is 0.115 e. The van der Waals surface area contributed by atoms with Gasteiger partial charge in [-0.25, -0.2) is 4.68 Å². The molecule has 5 nitrogen and oxygen atoms in total. The molecule has 0 bridgehead atoms. The van der Waals surface area contributed by atoms with Gasteiger partial charge in [-0.15, -0.1) is 5.10 Å². The normalized spacial score (nSPS) is 11.7. The van der Waals surface area contributed by atoms with E-state index in [0.29, 0.717) is 6.42 Å². The van der Waals surface area contributed by atoms with E-state index in [1.165, 1.54) is 0 Å². The highest BCUT2D eigenvalue weighted by Gasteiger charge is 2.17. The van der Waals surface area contributed by atoms with Gasteiger partial charge in [-0.05, 0) is 38.1 Å². The number of rotatable bonds is 3. The van der Waals surface area contributed by atoms with Gasteiger partial charge in [-0.2, -0.15) is 0 Å². The van der Waals surface area contributed by atoms with Gasteiger partial charge in [-0.1, -0.05) is 5.21 Å². The lowest BCUT2D eigenvalue weighted by molar-refractivity contribution is 0.0793. The van der Waals surface area contributed by atoms with E-state index in [0.717, 1.165) is 11.4 Å². The quantitative estimate of drug-likeness (QED) is 0.838. The van der Waals surface area contributed by atoms with Gasteiger partial charge in [0.05, 0.1) is 23.2 Å². The molecule has 2 aromatic rings. The van der Waals surface area contributed by atoms with Crippen LogP contribution in [0.1, 0.15) is 19.5 Å². The number of phenols is 1. The van der Waals surface area contributed by atoms with E-state index in [1.807, 2.05) is 0 Å². The zero-order chi connectivity index (χ0) is 12.5. The number of benzene rings is 1. The van der Waals surface area contributed by atoms with E-state index in [2.05, 4.69) is 10.3 Å². The van der Waals surface area contributed by atoms with Crippen LogP contribution in [0, 0.1) is 0 Å². The molecule has 0 radical (unpaired) electrons. The van der Waals surface area contributed by atoms with Gasteiger partial charge in [-0.3, -0.25) is 0 Å². The minimum Gasteiger partial charge on any atom is -0.508 e. The molecule has 0 fully saturated rings. The van der Waals surface area contributed by atoms with Gasteiger partial charge in [0.1, 0.15) is 5.75 Å². The molecule has 0 amide bonds. The van der Waals surface area contributed by atoms with Crippen molar-refractivity contribution in [3.8, 4) is 11.4 Å². The van der Waals surface area contributed by atoms with E-state index >= 15 is 0 Å². The maximum absolute atomic E-state index is 9.80. The first-order valence-electron chi connectivity index (χ1n) is 5.37. The Bertz CT molecular complexity index is 497. The van der Waals surface area contributed by atoms with Crippen molar-refractivity contribution in [3.63, 3.8) is 0 Å². The molecule has 1 aromatic heterocycles. The monoisotopic (exact) mass is 233 g/mol. The van der Waals surface area contributed by atoms with E-state index in [4.69, 9.17) is 0 Å². The second-order valence-corrected chi connectivity index (χ2v) is 4.64. The van der Waals surface area contributed by atoms with E-state index in [1.54, 1.807) is 49.0 Å². The lowest BCUT2D eigenvalue weighted by Gasteiger charge is -2.17. The third-order valence-corrected chi connectivity index (χ3v) is 2.33. The molecule has 1 aromatic carbocycles. The van der Waals surface area contributed by atoms with Gasteiger partial charge < -0.3 is 10.2 Å². The van der Waals surface area contributed by atoms with Gasteiger partial charge in [0, 0.05) is 6.42 Å². The Kier molecular flexibility index (Phi) is 2.85. The van der Waals surface area contributed by atoms with Crippen molar-refractivity contribution in [3.05, 3.63) is 36.2 Å². The Morgan fingerprint density at radius 3 is 2.47 bits per heavy atom. The third kappa shape index (κ3) is 2.82. The van der Waals surface area contributed by atoms with Gasteiger partial charge in [0.2, 0.25) is 0 Å². The Morgan fingerprint density at radius 2 is 1.88 bits per heavy atom. The summed E-state index contributed by atoms with van der Waals surface area (Å²) < 4.78 is 1.65. The van der Waals surface area contributed by atoms with Crippen LogP contribution in [0.15, 0.2) is 30.5 Å². The van der Waals surface area contributed by atoms with Crippen LogP contribution in [-0.2, 0) is 6.42 Å². The fourth-order valence-corrected chi connectivity index (χ4v) is 1.63. The average molecular weight is 233 g/mol. The lowest BCUT2D eigenvalue weighted by Crippen LogP contribution is -2.23. The number of nitrogens with zero attached hydrogens (tertiary/aromatic N) is 3. The number of hydrogen-bond donors (Lipinski definition) is 2. The molecule has 0 aliphatic heterocycles. The zero-order valence-corrected chi connectivity index (χ0v) is 9.83. The van der Waals surface area contributed by atoms with Crippen LogP contribution in [0.2, 0.25) is 0 Å². The van der Waals surface area contributed by atoms with Crippen LogP contribution in [0.3, 0.4) is 0 Å². The summed E-state index contributed by atoms with van der Waals surface area (Å²) in [6.07, 6.45) is 2.09. The molecule has 0 spiro atoms. The van der Waals surface area contributed by atoms with Crippen LogP contribution >= 0.6 is 0 Å². The minimum atomic E-state index is -0.809. The number of aromatic nitrogens is 3. The summed E-state index contributed by atoms with van der Waals surface area (Å²) in [5.41, 5.74) is 0.818. The summed E-state index contributed by atoms with van der Waals surface area (Å²) >= 11 is 0. The molecule has 0 saturated carbocycles. The summed E-state index contributed by atoms with van der Waals surface area (Å²) in [6.45, 7) is 3.47. The van der Waals surface area contributed by atoms with Gasteiger partial charge in [0.25, 0.3) is 0 Å². The van der Waals surface area contributed by atoms with Gasteiger partial charge in [0.15, 0.2) is 0 Å². The number of aliphatic hydroxyl groups is 1. The predicted molar refractivity (Wildman–Crippen MR) is 63.0 cm³/mol. The highest BCUT2D eigenvalue weighted by Crippen LogP contribution is 2.17. The van der Waals surface area contributed by atoms with Crippen molar-refractivity contribution >= 4 is 0 Å². The standard InChI is InChI=1S/C12H15N3O2/c1-12(2,17)7-10-8-13-14-15(10)9-3-5-11(16)6-4-9/h3-6,8,16-17H,7H2,1-2H3. The van der Waals surface area contributed by atoms with Crippen molar-refractivity contribution in [2.45, 2.75) is 25.9 Å². The number of phenolic OH excluding ortho intramolecular Hbond substituents is 1. The van der Waals surface area contributed by atoms with Crippen LogP contribution in [0.5, 0.6) is 5.75 Å². The molecular weight excluding hydrogens is 218 g/mol. The lowest BCUT2D eigenvalue weighted by atomic mass is 10.0. The Morgan fingerprint density at radius 1 is 1.24 bits per heavy atom. The molecule has 0 aliphatic rings. The van der Waals surface area contributed by atoms with Crippen molar-refractivity contribution < 1.29 is 10.2 Å². The van der Waals surface area contributed by atoms with E-state index < -0.39 is 5.60 Å². The summed E-state index contributed by atoms with van der Waals surface area (Å²) in [7, 11) is 0. The first-order chi connectivity index (χ1) is 7.96. The van der Waals surface area contributed by atoms with Crippen molar-refractivity contribution in [2.24, 2.45) is 0 Å². The molecule has 2 rings (SSSR count). The minimum absolute atomic E-state index is 0.206. The highest BCUT2D eigenvalue weighted by atomic mass is 16.3. The molecule has 5 heteroatoms.